The molecule has 1 amide bonds. The monoisotopic (exact) mass is 342 g/mol. The van der Waals surface area contributed by atoms with Crippen molar-refractivity contribution in [1.29, 1.82) is 0 Å². The Bertz CT molecular complexity index is 393. The number of ether oxygens (including phenoxy) is 1. The van der Waals surface area contributed by atoms with Crippen LogP contribution in [-0.4, -0.2) is 53.3 Å². The van der Waals surface area contributed by atoms with Crippen LogP contribution in [0.15, 0.2) is 0 Å². The number of unbranched alkanes of at least 4 members (excludes halogenated alkanes) is 4. The number of alkyl carbamates (subject to hydrolysis) is 1. The van der Waals surface area contributed by atoms with E-state index in [1.54, 1.807) is 0 Å². The summed E-state index contributed by atoms with van der Waals surface area (Å²) in [5.74, 6) is -0.702. The molecular formula is C18H34N2O4. The number of nitrogens with one attached hydrogen (secondary N) is 1. The highest BCUT2D eigenvalue weighted by Gasteiger charge is 2.23. The van der Waals surface area contributed by atoms with Gasteiger partial charge in [-0.05, 0) is 59.5 Å². The fourth-order valence-electron chi connectivity index (χ4n) is 2.99. The second-order valence-electron chi connectivity index (χ2n) is 7.70. The second-order valence-corrected chi connectivity index (χ2v) is 7.70. The van der Waals surface area contributed by atoms with Crippen LogP contribution in [0, 0.1) is 0 Å². The third-order valence-electron chi connectivity index (χ3n) is 4.09. The molecule has 1 rings (SSSR count). The van der Waals surface area contributed by atoms with Crippen LogP contribution in [0.25, 0.3) is 0 Å². The molecule has 1 aliphatic rings. The molecule has 0 aromatic rings. The van der Waals surface area contributed by atoms with Crippen LogP contribution in [0.4, 0.5) is 4.79 Å². The first-order valence-electron chi connectivity index (χ1n) is 9.20. The van der Waals surface area contributed by atoms with Crippen molar-refractivity contribution in [3.8, 4) is 0 Å². The van der Waals surface area contributed by atoms with Crippen LogP contribution in [0.2, 0.25) is 0 Å². The molecule has 1 saturated heterocycles. The molecule has 0 radical (unpaired) electrons. The van der Waals surface area contributed by atoms with Crippen molar-refractivity contribution in [2.45, 2.75) is 83.8 Å². The number of aliphatic carboxylic acids is 1. The maximum atomic E-state index is 11.8. The van der Waals surface area contributed by atoms with Gasteiger partial charge in [0.1, 0.15) is 5.60 Å². The van der Waals surface area contributed by atoms with Gasteiger partial charge in [-0.15, -0.1) is 0 Å². The molecule has 0 bridgehead atoms. The standard InChI is InChI=1S/C18H34N2O4/c1-18(2,3)24-17(23)19-15-10-9-13-20(14-15)12-8-6-4-5-7-11-16(21)22/h15H,4-14H2,1-3H3,(H,19,23)(H,21,22). The Morgan fingerprint density at radius 1 is 1.17 bits per heavy atom. The molecule has 1 aliphatic heterocycles. The lowest BCUT2D eigenvalue weighted by atomic mass is 10.0. The van der Waals surface area contributed by atoms with Gasteiger partial charge in [0.15, 0.2) is 0 Å². The van der Waals surface area contributed by atoms with Crippen LogP contribution in [-0.2, 0) is 9.53 Å². The van der Waals surface area contributed by atoms with E-state index in [1.165, 1.54) is 0 Å². The average Bonchev–Trinajstić information content (AvgIpc) is 2.44. The summed E-state index contributed by atoms with van der Waals surface area (Å²) >= 11 is 0. The smallest absolute Gasteiger partial charge is 0.407 e. The van der Waals surface area contributed by atoms with Gasteiger partial charge in [0, 0.05) is 19.0 Å². The van der Waals surface area contributed by atoms with E-state index in [4.69, 9.17) is 9.84 Å². The minimum Gasteiger partial charge on any atom is -0.481 e. The zero-order valence-corrected chi connectivity index (χ0v) is 15.5. The molecule has 140 valence electrons. The number of carbonyl (C=O) groups is 2. The lowest BCUT2D eigenvalue weighted by Crippen LogP contribution is -2.49. The minimum atomic E-state index is -0.702. The van der Waals surface area contributed by atoms with E-state index in [2.05, 4.69) is 10.2 Å². The Hall–Kier alpha value is -1.30. The van der Waals surface area contributed by atoms with Gasteiger partial charge in [0.05, 0.1) is 0 Å². The minimum absolute atomic E-state index is 0.171. The molecule has 6 heteroatoms. The topological polar surface area (TPSA) is 78.9 Å². The molecule has 0 aromatic carbocycles. The Morgan fingerprint density at radius 3 is 2.50 bits per heavy atom. The summed E-state index contributed by atoms with van der Waals surface area (Å²) in [4.78, 5) is 24.7. The first-order valence-corrected chi connectivity index (χ1v) is 9.20. The molecular weight excluding hydrogens is 308 g/mol. The zero-order chi connectivity index (χ0) is 18.0. The molecule has 6 nitrogen and oxygen atoms in total. The highest BCUT2D eigenvalue weighted by Crippen LogP contribution is 2.14. The number of hydrogen-bond acceptors (Lipinski definition) is 4. The summed E-state index contributed by atoms with van der Waals surface area (Å²) in [5.41, 5.74) is -0.459. The van der Waals surface area contributed by atoms with Gasteiger partial charge in [-0.1, -0.05) is 19.3 Å². The first-order chi connectivity index (χ1) is 11.3. The lowest BCUT2D eigenvalue weighted by Gasteiger charge is -2.33. The van der Waals surface area contributed by atoms with Gasteiger partial charge in [0.2, 0.25) is 0 Å². The van der Waals surface area contributed by atoms with Gasteiger partial charge in [-0.25, -0.2) is 4.79 Å². The maximum Gasteiger partial charge on any atom is 0.407 e. The van der Waals surface area contributed by atoms with Crippen molar-refractivity contribution in [1.82, 2.24) is 10.2 Å². The molecule has 1 atom stereocenters. The van der Waals surface area contributed by atoms with Gasteiger partial charge in [-0.3, -0.25) is 4.79 Å². The van der Waals surface area contributed by atoms with Crippen molar-refractivity contribution in [3.05, 3.63) is 0 Å². The normalized spacial score (nSPS) is 19.0. The Kier molecular flexibility index (Phi) is 9.11. The van der Waals surface area contributed by atoms with E-state index >= 15 is 0 Å². The lowest BCUT2D eigenvalue weighted by molar-refractivity contribution is -0.137. The second kappa shape index (κ2) is 10.5. The summed E-state index contributed by atoms with van der Waals surface area (Å²) in [6.07, 6.45) is 7.20. The van der Waals surface area contributed by atoms with Crippen molar-refractivity contribution >= 4 is 12.1 Å². The molecule has 2 N–H and O–H groups in total. The van der Waals surface area contributed by atoms with E-state index in [9.17, 15) is 9.59 Å². The number of carboxylic acids is 1. The van der Waals surface area contributed by atoms with Crippen LogP contribution >= 0.6 is 0 Å². The molecule has 1 heterocycles. The molecule has 0 saturated carbocycles. The summed E-state index contributed by atoms with van der Waals surface area (Å²) < 4.78 is 5.32. The van der Waals surface area contributed by atoms with E-state index < -0.39 is 11.6 Å². The van der Waals surface area contributed by atoms with Crippen LogP contribution in [0.5, 0.6) is 0 Å². The van der Waals surface area contributed by atoms with Crippen molar-refractivity contribution in [2.75, 3.05) is 19.6 Å². The summed E-state index contributed by atoms with van der Waals surface area (Å²) in [7, 11) is 0. The van der Waals surface area contributed by atoms with Gasteiger partial charge >= 0.3 is 12.1 Å². The summed E-state index contributed by atoms with van der Waals surface area (Å²) in [6, 6.07) is 0.171. The highest BCUT2D eigenvalue weighted by atomic mass is 16.6. The first kappa shape index (κ1) is 20.7. The predicted octanol–water partition coefficient (Wildman–Crippen LogP) is 3.40. The third-order valence-corrected chi connectivity index (χ3v) is 4.09. The quantitative estimate of drug-likeness (QED) is 0.628. The molecule has 24 heavy (non-hydrogen) atoms. The van der Waals surface area contributed by atoms with E-state index in [0.717, 1.165) is 64.6 Å². The SMILES string of the molecule is CC(C)(C)OC(=O)NC1CCCN(CCCCCCCC(=O)O)C1. The summed E-state index contributed by atoms with van der Waals surface area (Å²) in [5, 5.41) is 11.6. The number of carbonyl (C=O) groups excluding carboxylic acids is 1. The van der Waals surface area contributed by atoms with Crippen LogP contribution in [0.1, 0.15) is 72.1 Å². The van der Waals surface area contributed by atoms with Crippen molar-refractivity contribution in [3.63, 3.8) is 0 Å². The number of amides is 1. The number of carboxylic acid groups (broad SMARTS) is 1. The molecule has 0 spiro atoms. The van der Waals surface area contributed by atoms with E-state index in [0.29, 0.717) is 0 Å². The number of nitrogens with zero attached hydrogens (tertiary/aromatic N) is 1. The number of hydrogen-bond donors (Lipinski definition) is 2. The van der Waals surface area contributed by atoms with Crippen LogP contribution in [0.3, 0.4) is 0 Å². The number of piperidine rings is 1. The average molecular weight is 342 g/mol. The van der Waals surface area contributed by atoms with Gasteiger partial charge in [0.25, 0.3) is 0 Å². The summed E-state index contributed by atoms with van der Waals surface area (Å²) in [6.45, 7) is 8.64. The third kappa shape index (κ3) is 10.5. The van der Waals surface area contributed by atoms with Crippen molar-refractivity contribution in [2.24, 2.45) is 0 Å². The fourth-order valence-corrected chi connectivity index (χ4v) is 2.99. The molecule has 1 fully saturated rings. The Labute approximate surface area is 145 Å². The van der Waals surface area contributed by atoms with E-state index in [-0.39, 0.29) is 18.6 Å². The van der Waals surface area contributed by atoms with Gasteiger partial charge in [-0.2, -0.15) is 0 Å². The Morgan fingerprint density at radius 2 is 1.83 bits per heavy atom. The van der Waals surface area contributed by atoms with Crippen molar-refractivity contribution < 1.29 is 19.4 Å². The largest absolute Gasteiger partial charge is 0.481 e. The number of likely N-dealkylation sites (tertiary alicyclic amines) is 1. The zero-order valence-electron chi connectivity index (χ0n) is 15.5. The number of rotatable bonds is 9. The molecule has 0 aliphatic carbocycles. The van der Waals surface area contributed by atoms with E-state index in [1.807, 2.05) is 20.8 Å². The maximum absolute atomic E-state index is 11.8. The van der Waals surface area contributed by atoms with Gasteiger partial charge < -0.3 is 20.1 Å². The molecule has 0 aromatic heterocycles. The fraction of sp³-hybridized carbons (Fsp3) is 0.889. The Balaban J connectivity index is 2.12. The highest BCUT2D eigenvalue weighted by molar-refractivity contribution is 5.68. The predicted molar refractivity (Wildman–Crippen MR) is 94.2 cm³/mol. The van der Waals surface area contributed by atoms with Crippen LogP contribution < -0.4 is 5.32 Å². The molecule has 1 unspecified atom stereocenters.